The molecule has 2 nitrogen and oxygen atoms in total. The normalized spacial score (nSPS) is 14.1. The van der Waals surface area contributed by atoms with Crippen LogP contribution in [0.5, 0.6) is 0 Å². The minimum Gasteiger partial charge on any atom is -0.382 e. The average molecular weight is 260 g/mol. The Morgan fingerprint density at radius 3 is 2.32 bits per heavy atom. The number of hydrogen-bond acceptors (Lipinski definition) is 1. The van der Waals surface area contributed by atoms with E-state index in [0.29, 0.717) is 6.54 Å². The lowest BCUT2D eigenvalue weighted by molar-refractivity contribution is -0.897. The van der Waals surface area contributed by atoms with Gasteiger partial charge in [-0.2, -0.15) is 0 Å². The average Bonchev–Trinajstić information content (AvgIpc) is 2.42. The van der Waals surface area contributed by atoms with Gasteiger partial charge >= 0.3 is 0 Å². The molecule has 0 aliphatic heterocycles. The van der Waals surface area contributed by atoms with Crippen molar-refractivity contribution in [3.63, 3.8) is 0 Å². The Hall–Kier alpha value is -1.71. The van der Waals surface area contributed by atoms with E-state index in [-0.39, 0.29) is 5.82 Å². The van der Waals surface area contributed by atoms with Crippen molar-refractivity contribution in [3.8, 4) is 0 Å². The molecule has 0 fully saturated rings. The number of rotatable bonds is 5. The van der Waals surface area contributed by atoms with Crippen LogP contribution in [-0.2, 0) is 6.54 Å². The summed E-state index contributed by atoms with van der Waals surface area (Å²) >= 11 is 0. The van der Waals surface area contributed by atoms with Crippen LogP contribution in [0.1, 0.15) is 17.2 Å². The summed E-state index contributed by atoms with van der Waals surface area (Å²) in [5, 5.41) is 10.1. The Morgan fingerprint density at radius 2 is 1.68 bits per heavy atom. The van der Waals surface area contributed by atoms with Crippen LogP contribution in [0.25, 0.3) is 0 Å². The SMILES string of the molecule is C[NH+](Cc1ccc(F)cc1)C[C@@H](O)c1ccccc1. The van der Waals surface area contributed by atoms with E-state index in [1.54, 1.807) is 12.1 Å². The fraction of sp³-hybridized carbons (Fsp3) is 0.250. The van der Waals surface area contributed by atoms with E-state index in [1.165, 1.54) is 17.0 Å². The largest absolute Gasteiger partial charge is 0.382 e. The third-order valence-electron chi connectivity index (χ3n) is 3.15. The summed E-state index contributed by atoms with van der Waals surface area (Å²) < 4.78 is 12.8. The van der Waals surface area contributed by atoms with Crippen LogP contribution in [0.2, 0.25) is 0 Å². The van der Waals surface area contributed by atoms with Crippen LogP contribution in [0.4, 0.5) is 4.39 Å². The molecule has 19 heavy (non-hydrogen) atoms. The second-order valence-electron chi connectivity index (χ2n) is 4.89. The van der Waals surface area contributed by atoms with Crippen LogP contribution < -0.4 is 4.90 Å². The molecule has 0 saturated heterocycles. The van der Waals surface area contributed by atoms with Gasteiger partial charge in [0.25, 0.3) is 0 Å². The molecule has 2 N–H and O–H groups in total. The van der Waals surface area contributed by atoms with Crippen molar-refractivity contribution in [2.75, 3.05) is 13.6 Å². The zero-order chi connectivity index (χ0) is 13.7. The Morgan fingerprint density at radius 1 is 1.05 bits per heavy atom. The Balaban J connectivity index is 1.90. The third kappa shape index (κ3) is 4.16. The van der Waals surface area contributed by atoms with E-state index < -0.39 is 6.10 Å². The topological polar surface area (TPSA) is 24.7 Å². The summed E-state index contributed by atoms with van der Waals surface area (Å²) in [6, 6.07) is 16.1. The molecule has 2 aromatic rings. The van der Waals surface area contributed by atoms with Crippen LogP contribution in [0.15, 0.2) is 54.6 Å². The Kier molecular flexibility index (Phi) is 4.66. The second-order valence-corrected chi connectivity index (χ2v) is 4.89. The summed E-state index contributed by atoms with van der Waals surface area (Å²) in [7, 11) is 2.02. The molecule has 2 rings (SSSR count). The first-order valence-corrected chi connectivity index (χ1v) is 6.44. The molecule has 0 radical (unpaired) electrons. The van der Waals surface area contributed by atoms with Gasteiger partial charge in [0, 0.05) is 5.56 Å². The molecule has 0 heterocycles. The summed E-state index contributed by atoms with van der Waals surface area (Å²) in [4.78, 5) is 1.18. The lowest BCUT2D eigenvalue weighted by atomic mass is 10.1. The maximum atomic E-state index is 12.8. The molecule has 3 heteroatoms. The highest BCUT2D eigenvalue weighted by Crippen LogP contribution is 2.09. The minimum absolute atomic E-state index is 0.217. The third-order valence-corrected chi connectivity index (χ3v) is 3.15. The molecule has 0 amide bonds. The Labute approximate surface area is 113 Å². The molecule has 0 bridgehead atoms. The first-order chi connectivity index (χ1) is 9.15. The van der Waals surface area contributed by atoms with Crippen molar-refractivity contribution >= 4 is 0 Å². The van der Waals surface area contributed by atoms with Crippen LogP contribution in [0, 0.1) is 5.82 Å². The van der Waals surface area contributed by atoms with Crippen molar-refractivity contribution in [2.24, 2.45) is 0 Å². The van der Waals surface area contributed by atoms with E-state index in [1.807, 2.05) is 37.4 Å². The zero-order valence-electron chi connectivity index (χ0n) is 11.0. The summed E-state index contributed by atoms with van der Waals surface area (Å²) in [5.41, 5.74) is 2.00. The number of likely N-dealkylation sites (N-methyl/N-ethyl adjacent to an activating group) is 1. The number of aliphatic hydroxyl groups is 1. The van der Waals surface area contributed by atoms with Gasteiger partial charge in [0.05, 0.1) is 7.05 Å². The van der Waals surface area contributed by atoms with Crippen molar-refractivity contribution < 1.29 is 14.4 Å². The number of halogens is 1. The summed E-state index contributed by atoms with van der Waals surface area (Å²) in [5.74, 6) is -0.217. The van der Waals surface area contributed by atoms with E-state index in [9.17, 15) is 9.50 Å². The van der Waals surface area contributed by atoms with Gasteiger partial charge in [0.1, 0.15) is 25.0 Å². The molecule has 0 aliphatic carbocycles. The number of quaternary nitrogens is 1. The van der Waals surface area contributed by atoms with Gasteiger partial charge in [-0.25, -0.2) is 4.39 Å². The van der Waals surface area contributed by atoms with Gasteiger partial charge in [-0.05, 0) is 17.7 Å². The van der Waals surface area contributed by atoms with Crippen LogP contribution in [-0.4, -0.2) is 18.7 Å². The van der Waals surface area contributed by atoms with Crippen molar-refractivity contribution in [1.29, 1.82) is 0 Å². The monoisotopic (exact) mass is 260 g/mol. The highest BCUT2D eigenvalue weighted by Gasteiger charge is 2.13. The van der Waals surface area contributed by atoms with Gasteiger partial charge in [0.15, 0.2) is 0 Å². The molecule has 2 atom stereocenters. The van der Waals surface area contributed by atoms with Crippen molar-refractivity contribution in [3.05, 3.63) is 71.5 Å². The number of hydrogen-bond donors (Lipinski definition) is 2. The second kappa shape index (κ2) is 6.45. The lowest BCUT2D eigenvalue weighted by Crippen LogP contribution is -3.08. The molecule has 2 aromatic carbocycles. The van der Waals surface area contributed by atoms with E-state index in [4.69, 9.17) is 0 Å². The molecule has 0 saturated carbocycles. The zero-order valence-corrected chi connectivity index (χ0v) is 11.0. The van der Waals surface area contributed by atoms with E-state index in [2.05, 4.69) is 0 Å². The molecular weight excluding hydrogens is 241 g/mol. The minimum atomic E-state index is -0.471. The van der Waals surface area contributed by atoms with E-state index in [0.717, 1.165) is 17.7 Å². The van der Waals surface area contributed by atoms with E-state index >= 15 is 0 Å². The fourth-order valence-electron chi connectivity index (χ4n) is 2.15. The van der Waals surface area contributed by atoms with Gasteiger partial charge < -0.3 is 10.0 Å². The number of benzene rings is 2. The predicted molar refractivity (Wildman–Crippen MR) is 73.3 cm³/mol. The van der Waals surface area contributed by atoms with Crippen molar-refractivity contribution in [1.82, 2.24) is 0 Å². The number of nitrogens with one attached hydrogen (secondary N) is 1. The highest BCUT2D eigenvalue weighted by atomic mass is 19.1. The van der Waals surface area contributed by atoms with Gasteiger partial charge in [-0.15, -0.1) is 0 Å². The first kappa shape index (κ1) is 13.7. The van der Waals surface area contributed by atoms with Crippen LogP contribution >= 0.6 is 0 Å². The lowest BCUT2D eigenvalue weighted by Gasteiger charge is -2.18. The van der Waals surface area contributed by atoms with Gasteiger partial charge in [0.2, 0.25) is 0 Å². The predicted octanol–water partition coefficient (Wildman–Crippen LogP) is 1.57. The maximum absolute atomic E-state index is 12.8. The molecule has 100 valence electrons. The maximum Gasteiger partial charge on any atom is 0.128 e. The van der Waals surface area contributed by atoms with Gasteiger partial charge in [-0.1, -0.05) is 42.5 Å². The standard InChI is InChI=1S/C16H18FNO/c1-18(11-13-7-9-15(17)10-8-13)12-16(19)14-5-3-2-4-6-14/h2-10,16,19H,11-12H2,1H3/p+1/t16-/m1/s1. The van der Waals surface area contributed by atoms with Crippen molar-refractivity contribution in [2.45, 2.75) is 12.6 Å². The molecular formula is C16H19FNO+. The highest BCUT2D eigenvalue weighted by molar-refractivity contribution is 5.17. The molecule has 1 unspecified atom stereocenters. The number of aliphatic hydroxyl groups excluding tert-OH is 1. The quantitative estimate of drug-likeness (QED) is 0.838. The summed E-state index contributed by atoms with van der Waals surface area (Å²) in [6.45, 7) is 1.39. The first-order valence-electron chi connectivity index (χ1n) is 6.44. The fourth-order valence-corrected chi connectivity index (χ4v) is 2.15. The molecule has 0 spiro atoms. The molecule has 0 aromatic heterocycles. The van der Waals surface area contributed by atoms with Crippen LogP contribution in [0.3, 0.4) is 0 Å². The summed E-state index contributed by atoms with van der Waals surface area (Å²) in [6.07, 6.45) is -0.471. The van der Waals surface area contributed by atoms with Gasteiger partial charge in [-0.3, -0.25) is 0 Å². The molecule has 0 aliphatic rings. The Bertz CT molecular complexity index is 498. The smallest absolute Gasteiger partial charge is 0.128 e.